The van der Waals surface area contributed by atoms with Crippen molar-refractivity contribution in [3.63, 3.8) is 0 Å². The summed E-state index contributed by atoms with van der Waals surface area (Å²) in [6, 6.07) is 0.330. The summed E-state index contributed by atoms with van der Waals surface area (Å²) in [5.41, 5.74) is 1.21. The van der Waals surface area contributed by atoms with E-state index >= 15 is 0 Å². The van der Waals surface area contributed by atoms with E-state index in [2.05, 4.69) is 57.2 Å². The molecule has 4 heteroatoms. The molecule has 0 fully saturated rings. The molecule has 0 unspecified atom stereocenters. The zero-order chi connectivity index (χ0) is 14.5. The van der Waals surface area contributed by atoms with Gasteiger partial charge in [-0.25, -0.2) is 0 Å². The fraction of sp³-hybridized carbons (Fsp3) is 0.667. The summed E-state index contributed by atoms with van der Waals surface area (Å²) in [6.07, 6.45) is 7.02. The molecule has 0 bridgehead atoms. The lowest BCUT2D eigenvalue weighted by atomic mass is 10.1. The number of hydrogen-bond acceptors (Lipinski definition) is 3. The zero-order valence-corrected chi connectivity index (χ0v) is 13.0. The minimum absolute atomic E-state index is 0.172. The second kappa shape index (κ2) is 6.75. The number of nitrogens with zero attached hydrogens (tertiary/aromatic N) is 2. The summed E-state index contributed by atoms with van der Waals surface area (Å²) in [6.45, 7) is 11.7. The monoisotopic (exact) mass is 265 g/mol. The number of methoxy groups -OCH3 is 1. The summed E-state index contributed by atoms with van der Waals surface area (Å²) in [4.78, 5) is 0. The Bertz CT molecular complexity index is 414. The lowest BCUT2D eigenvalue weighted by Gasteiger charge is -2.19. The first-order chi connectivity index (χ1) is 8.85. The van der Waals surface area contributed by atoms with Gasteiger partial charge in [0.15, 0.2) is 5.75 Å². The van der Waals surface area contributed by atoms with E-state index in [1.54, 1.807) is 13.3 Å². The van der Waals surface area contributed by atoms with Gasteiger partial charge in [-0.2, -0.15) is 5.10 Å². The Balaban J connectivity index is 2.63. The van der Waals surface area contributed by atoms with Gasteiger partial charge in [-0.15, -0.1) is 0 Å². The predicted octanol–water partition coefficient (Wildman–Crippen LogP) is 3.26. The first-order valence-corrected chi connectivity index (χ1v) is 6.88. The van der Waals surface area contributed by atoms with Crippen LogP contribution >= 0.6 is 0 Å². The van der Waals surface area contributed by atoms with Crippen molar-refractivity contribution in [1.29, 1.82) is 0 Å². The molecule has 0 saturated heterocycles. The average Bonchev–Trinajstić information content (AvgIpc) is 2.70. The number of rotatable bonds is 6. The van der Waals surface area contributed by atoms with Gasteiger partial charge < -0.3 is 10.1 Å². The van der Waals surface area contributed by atoms with Crippen LogP contribution in [-0.4, -0.2) is 29.0 Å². The molecule has 1 aromatic rings. The molecule has 108 valence electrons. The van der Waals surface area contributed by atoms with Crippen molar-refractivity contribution in [3.8, 4) is 5.75 Å². The molecule has 0 saturated carbocycles. The largest absolute Gasteiger partial charge is 0.493 e. The number of nitrogens with one attached hydrogen (secondary N) is 1. The first kappa shape index (κ1) is 15.8. The van der Waals surface area contributed by atoms with E-state index in [0.29, 0.717) is 6.04 Å². The Morgan fingerprint density at radius 1 is 1.42 bits per heavy atom. The molecule has 0 aliphatic carbocycles. The van der Waals surface area contributed by atoms with Crippen LogP contribution in [0.5, 0.6) is 5.75 Å². The van der Waals surface area contributed by atoms with Gasteiger partial charge in [0.05, 0.1) is 13.3 Å². The van der Waals surface area contributed by atoms with Gasteiger partial charge in [-0.05, 0) is 53.7 Å². The normalized spacial score (nSPS) is 12.6. The van der Waals surface area contributed by atoms with Gasteiger partial charge in [-0.3, -0.25) is 4.68 Å². The Hall–Kier alpha value is -1.29. The van der Waals surface area contributed by atoms with Crippen LogP contribution in [0.3, 0.4) is 0 Å². The van der Waals surface area contributed by atoms with E-state index in [0.717, 1.165) is 24.4 Å². The van der Waals surface area contributed by atoms with Crippen molar-refractivity contribution in [2.45, 2.75) is 52.6 Å². The molecule has 1 N–H and O–H groups in total. The second-order valence-electron chi connectivity index (χ2n) is 6.00. The minimum atomic E-state index is 0.172. The molecule has 0 radical (unpaired) electrons. The maximum Gasteiger partial charge on any atom is 0.164 e. The van der Waals surface area contributed by atoms with Crippen molar-refractivity contribution in [2.75, 3.05) is 13.7 Å². The number of hydrogen-bond donors (Lipinski definition) is 1. The maximum absolute atomic E-state index is 5.34. The molecule has 19 heavy (non-hydrogen) atoms. The fourth-order valence-corrected chi connectivity index (χ4v) is 1.81. The first-order valence-electron chi connectivity index (χ1n) is 6.88. The van der Waals surface area contributed by atoms with E-state index < -0.39 is 0 Å². The van der Waals surface area contributed by atoms with Crippen molar-refractivity contribution in [3.05, 3.63) is 18.0 Å². The third kappa shape index (κ3) is 5.07. The van der Waals surface area contributed by atoms with Gasteiger partial charge in [0.2, 0.25) is 0 Å². The van der Waals surface area contributed by atoms with E-state index in [1.807, 2.05) is 4.68 Å². The molecule has 1 rings (SSSR count). The summed E-state index contributed by atoms with van der Waals surface area (Å²) in [7, 11) is 1.68. The van der Waals surface area contributed by atoms with Gasteiger partial charge in [-0.1, -0.05) is 6.08 Å². The van der Waals surface area contributed by atoms with Crippen LogP contribution in [0.1, 0.15) is 52.8 Å². The number of aromatic nitrogens is 2. The highest BCUT2D eigenvalue weighted by molar-refractivity contribution is 5.53. The van der Waals surface area contributed by atoms with Gasteiger partial charge >= 0.3 is 0 Å². The Kier molecular flexibility index (Phi) is 5.60. The highest BCUT2D eigenvalue weighted by Gasteiger charge is 2.10. The van der Waals surface area contributed by atoms with Crippen LogP contribution < -0.4 is 10.1 Å². The molecule has 1 heterocycles. The number of ether oxygens (including phenoxy) is 1. The van der Waals surface area contributed by atoms with Crippen molar-refractivity contribution in [2.24, 2.45) is 0 Å². The Labute approximate surface area is 116 Å². The lowest BCUT2D eigenvalue weighted by Crippen LogP contribution is -2.36. The van der Waals surface area contributed by atoms with Gasteiger partial charge in [0.25, 0.3) is 0 Å². The molecule has 0 amide bonds. The summed E-state index contributed by atoms with van der Waals surface area (Å²) < 4.78 is 7.32. The molecule has 0 aliphatic rings. The lowest BCUT2D eigenvalue weighted by molar-refractivity contribution is 0.411. The molecular formula is C15H27N3O. The summed E-state index contributed by atoms with van der Waals surface area (Å²) in [5, 5.41) is 7.81. The molecular weight excluding hydrogens is 238 g/mol. The average molecular weight is 265 g/mol. The zero-order valence-electron chi connectivity index (χ0n) is 13.0. The standard InChI is InChI=1S/C15H27N3O/c1-12(2)18-13(14(19-6)11-17-18)9-7-8-10-16-15(3,4)5/h7,9,11-12,16H,8,10H2,1-6H3/b9-7+. The maximum atomic E-state index is 5.34. The SMILES string of the molecule is COc1cnn(C(C)C)c1/C=C/CCNC(C)(C)C. The van der Waals surface area contributed by atoms with E-state index in [4.69, 9.17) is 4.74 Å². The van der Waals surface area contributed by atoms with E-state index in [9.17, 15) is 0 Å². The quantitative estimate of drug-likeness (QED) is 0.802. The molecule has 0 aromatic carbocycles. The summed E-state index contributed by atoms with van der Waals surface area (Å²) >= 11 is 0. The van der Waals surface area contributed by atoms with Crippen molar-refractivity contribution < 1.29 is 4.74 Å². The van der Waals surface area contributed by atoms with Crippen molar-refractivity contribution in [1.82, 2.24) is 15.1 Å². The second-order valence-corrected chi connectivity index (χ2v) is 6.00. The van der Waals surface area contributed by atoms with Crippen LogP contribution in [0.15, 0.2) is 12.3 Å². The minimum Gasteiger partial charge on any atom is -0.493 e. The Morgan fingerprint density at radius 3 is 2.63 bits per heavy atom. The van der Waals surface area contributed by atoms with Gasteiger partial charge in [0.1, 0.15) is 5.69 Å². The molecule has 4 nitrogen and oxygen atoms in total. The van der Waals surface area contributed by atoms with Crippen molar-refractivity contribution >= 4 is 6.08 Å². The van der Waals surface area contributed by atoms with Crippen LogP contribution in [0.25, 0.3) is 6.08 Å². The van der Waals surface area contributed by atoms with E-state index in [-0.39, 0.29) is 5.54 Å². The highest BCUT2D eigenvalue weighted by Crippen LogP contribution is 2.22. The molecule has 0 atom stereocenters. The van der Waals surface area contributed by atoms with Crippen LogP contribution in [0.2, 0.25) is 0 Å². The third-order valence-corrected chi connectivity index (χ3v) is 2.75. The molecule has 0 spiro atoms. The summed E-state index contributed by atoms with van der Waals surface area (Å²) in [5.74, 6) is 0.828. The van der Waals surface area contributed by atoms with Crippen LogP contribution in [0.4, 0.5) is 0 Å². The predicted molar refractivity (Wildman–Crippen MR) is 80.6 cm³/mol. The smallest absolute Gasteiger partial charge is 0.164 e. The molecule has 0 aliphatic heterocycles. The van der Waals surface area contributed by atoms with E-state index in [1.165, 1.54) is 0 Å². The fourth-order valence-electron chi connectivity index (χ4n) is 1.81. The Morgan fingerprint density at radius 2 is 2.11 bits per heavy atom. The van der Waals surface area contributed by atoms with Crippen LogP contribution in [-0.2, 0) is 0 Å². The molecule has 1 aromatic heterocycles. The highest BCUT2D eigenvalue weighted by atomic mass is 16.5. The topological polar surface area (TPSA) is 39.1 Å². The van der Waals surface area contributed by atoms with Crippen LogP contribution in [0, 0.1) is 0 Å². The van der Waals surface area contributed by atoms with Gasteiger partial charge in [0, 0.05) is 11.6 Å². The third-order valence-electron chi connectivity index (χ3n) is 2.75.